The van der Waals surface area contributed by atoms with Crippen molar-refractivity contribution in [3.63, 3.8) is 0 Å². The highest BCUT2D eigenvalue weighted by Gasteiger charge is 2.17. The van der Waals surface area contributed by atoms with Gasteiger partial charge in [0.05, 0.1) is 20.0 Å². The molecule has 0 radical (unpaired) electrons. The van der Waals surface area contributed by atoms with E-state index in [1.165, 1.54) is 37.1 Å². The van der Waals surface area contributed by atoms with Gasteiger partial charge in [0, 0.05) is 33.3 Å². The fourth-order valence-electron chi connectivity index (χ4n) is 3.79. The smallest absolute Gasteiger partial charge is 0.272 e. The lowest BCUT2D eigenvalue weighted by Crippen LogP contribution is -2.30. The van der Waals surface area contributed by atoms with E-state index in [0.717, 1.165) is 4.90 Å². The minimum absolute atomic E-state index is 0.00175. The zero-order valence-corrected chi connectivity index (χ0v) is 23.2. The van der Waals surface area contributed by atoms with Crippen LogP contribution in [0.5, 0.6) is 17.2 Å². The van der Waals surface area contributed by atoms with Gasteiger partial charge in [-0.05, 0) is 72.8 Å². The van der Waals surface area contributed by atoms with Gasteiger partial charge in [-0.2, -0.15) is 0 Å². The van der Waals surface area contributed by atoms with Gasteiger partial charge < -0.3 is 25.2 Å². The Morgan fingerprint density at radius 3 is 2.29 bits per heavy atom. The summed E-state index contributed by atoms with van der Waals surface area (Å²) in [6.07, 6.45) is 1.47. The van der Waals surface area contributed by atoms with Crippen molar-refractivity contribution in [2.24, 2.45) is 0 Å². The molecule has 0 aliphatic rings. The largest absolute Gasteiger partial charge is 0.508 e. The second-order valence-electron chi connectivity index (χ2n) is 8.73. The Bertz CT molecular complexity index is 1570. The first kappa shape index (κ1) is 29.0. The van der Waals surface area contributed by atoms with Crippen LogP contribution in [-0.4, -0.2) is 42.7 Å². The maximum Gasteiger partial charge on any atom is 0.272 e. The predicted octanol–water partition coefficient (Wildman–Crippen LogP) is 5.79. The van der Waals surface area contributed by atoms with Crippen molar-refractivity contribution in [3.05, 3.63) is 119 Å². The molecule has 4 rings (SSSR count). The summed E-state index contributed by atoms with van der Waals surface area (Å²) in [5.74, 6) is 0.135. The molecule has 0 spiro atoms. The zero-order chi connectivity index (χ0) is 29.2. The minimum Gasteiger partial charge on any atom is -0.508 e. The van der Waals surface area contributed by atoms with Crippen LogP contribution in [0.1, 0.15) is 26.3 Å². The first-order chi connectivity index (χ1) is 19.9. The van der Waals surface area contributed by atoms with E-state index in [9.17, 15) is 19.5 Å². The molecule has 3 N–H and O–H groups in total. The molecule has 4 aromatic rings. The monoisotopic (exact) mass is 568 g/mol. The number of nitrogens with one attached hydrogen (secondary N) is 2. The van der Waals surface area contributed by atoms with E-state index in [2.05, 4.69) is 10.6 Å². The fourth-order valence-corrected chi connectivity index (χ4v) is 4.64. The lowest BCUT2D eigenvalue weighted by Gasteiger charge is -2.13. The normalized spacial score (nSPS) is 10.9. The zero-order valence-electron chi connectivity index (χ0n) is 22.4. The standard InChI is InChI=1S/C32H28N2O6S/c1-39-26-15-12-21(13-16-26)29(36)20-41-27-10-6-9-24(18-27)33-32(38)28(34-31(37)22-7-4-3-5-8-22)17-23-11-14-25(35)19-30(23)40-2/h3-19,35H,20H2,1-2H3,(H,33,38)(H,34,37)/b28-17-. The Hall–Kier alpha value is -5.02. The highest BCUT2D eigenvalue weighted by atomic mass is 32.2. The molecule has 0 atom stereocenters. The number of methoxy groups -OCH3 is 2. The van der Waals surface area contributed by atoms with E-state index in [0.29, 0.717) is 33.9 Å². The summed E-state index contributed by atoms with van der Waals surface area (Å²) in [6.45, 7) is 0. The van der Waals surface area contributed by atoms with Crippen LogP contribution < -0.4 is 20.1 Å². The van der Waals surface area contributed by atoms with Crippen LogP contribution in [0, 0.1) is 0 Å². The van der Waals surface area contributed by atoms with Crippen LogP contribution in [0.15, 0.2) is 108 Å². The molecule has 2 amide bonds. The topological polar surface area (TPSA) is 114 Å². The Morgan fingerprint density at radius 1 is 0.829 bits per heavy atom. The van der Waals surface area contributed by atoms with Crippen LogP contribution >= 0.6 is 11.8 Å². The van der Waals surface area contributed by atoms with Crippen LogP contribution in [0.25, 0.3) is 6.08 Å². The predicted molar refractivity (Wildman–Crippen MR) is 160 cm³/mol. The molecule has 0 aliphatic carbocycles. The second kappa shape index (κ2) is 13.9. The van der Waals surface area contributed by atoms with Crippen molar-refractivity contribution in [1.82, 2.24) is 5.32 Å². The molecule has 208 valence electrons. The second-order valence-corrected chi connectivity index (χ2v) is 9.78. The third-order valence-electron chi connectivity index (χ3n) is 5.92. The summed E-state index contributed by atoms with van der Waals surface area (Å²) in [7, 11) is 3.01. The first-order valence-corrected chi connectivity index (χ1v) is 13.5. The summed E-state index contributed by atoms with van der Waals surface area (Å²) < 4.78 is 10.5. The Labute approximate surface area is 242 Å². The molecule has 0 unspecified atom stereocenters. The molecule has 0 fully saturated rings. The number of hydrogen-bond donors (Lipinski definition) is 3. The molecular weight excluding hydrogens is 540 g/mol. The van der Waals surface area contributed by atoms with Gasteiger partial charge >= 0.3 is 0 Å². The van der Waals surface area contributed by atoms with Crippen molar-refractivity contribution in [3.8, 4) is 17.2 Å². The Kier molecular flexibility index (Phi) is 9.80. The number of amides is 2. The van der Waals surface area contributed by atoms with Crippen molar-refractivity contribution < 1.29 is 29.0 Å². The minimum atomic E-state index is -0.569. The quantitative estimate of drug-likeness (QED) is 0.119. The molecule has 0 aromatic heterocycles. The van der Waals surface area contributed by atoms with E-state index in [1.54, 1.807) is 86.0 Å². The van der Waals surface area contributed by atoms with Crippen molar-refractivity contribution in [2.75, 3.05) is 25.3 Å². The average Bonchev–Trinajstić information content (AvgIpc) is 3.00. The number of benzene rings is 4. The number of ketones is 1. The summed E-state index contributed by atoms with van der Waals surface area (Å²) >= 11 is 1.34. The summed E-state index contributed by atoms with van der Waals surface area (Å²) in [6, 6.07) is 27.0. The van der Waals surface area contributed by atoms with E-state index in [1.807, 2.05) is 6.07 Å². The summed E-state index contributed by atoms with van der Waals surface area (Å²) in [5, 5.41) is 15.3. The Morgan fingerprint density at radius 2 is 1.59 bits per heavy atom. The maximum absolute atomic E-state index is 13.4. The van der Waals surface area contributed by atoms with E-state index >= 15 is 0 Å². The third-order valence-corrected chi connectivity index (χ3v) is 6.91. The van der Waals surface area contributed by atoms with Crippen LogP contribution in [0.4, 0.5) is 5.69 Å². The Balaban J connectivity index is 1.51. The number of Topliss-reactive ketones (excluding diaryl/α,β-unsaturated/α-hetero) is 1. The number of carbonyl (C=O) groups excluding carboxylic acids is 3. The number of aromatic hydroxyl groups is 1. The van der Waals surface area contributed by atoms with Gasteiger partial charge in [-0.15, -0.1) is 11.8 Å². The van der Waals surface area contributed by atoms with Gasteiger partial charge in [0.2, 0.25) is 0 Å². The summed E-state index contributed by atoms with van der Waals surface area (Å²) in [5.41, 5.74) is 1.88. The molecule has 0 aliphatic heterocycles. The number of hydrogen-bond acceptors (Lipinski definition) is 7. The van der Waals surface area contributed by atoms with Crippen molar-refractivity contribution in [1.29, 1.82) is 0 Å². The van der Waals surface area contributed by atoms with Crippen LogP contribution in [0.3, 0.4) is 0 Å². The first-order valence-electron chi connectivity index (χ1n) is 12.5. The van der Waals surface area contributed by atoms with E-state index < -0.39 is 11.8 Å². The highest BCUT2D eigenvalue weighted by Crippen LogP contribution is 2.27. The van der Waals surface area contributed by atoms with Gasteiger partial charge in [0.1, 0.15) is 22.9 Å². The highest BCUT2D eigenvalue weighted by molar-refractivity contribution is 8.00. The van der Waals surface area contributed by atoms with Crippen molar-refractivity contribution in [2.45, 2.75) is 4.90 Å². The maximum atomic E-state index is 13.4. The molecule has 4 aromatic carbocycles. The van der Waals surface area contributed by atoms with E-state index in [4.69, 9.17) is 9.47 Å². The number of rotatable bonds is 11. The molecule has 8 nitrogen and oxygen atoms in total. The van der Waals surface area contributed by atoms with Gasteiger partial charge in [-0.3, -0.25) is 14.4 Å². The average molecular weight is 569 g/mol. The molecule has 0 saturated carbocycles. The van der Waals surface area contributed by atoms with Crippen LogP contribution in [-0.2, 0) is 4.79 Å². The number of phenols is 1. The molecule has 0 saturated heterocycles. The van der Waals surface area contributed by atoms with Gasteiger partial charge in [0.25, 0.3) is 11.8 Å². The molecule has 9 heteroatoms. The fraction of sp³-hybridized carbons (Fsp3) is 0.0938. The SMILES string of the molecule is COc1ccc(C(=O)CSc2cccc(NC(=O)/C(=C/c3ccc(O)cc3OC)NC(=O)c3ccccc3)c2)cc1. The van der Waals surface area contributed by atoms with Crippen molar-refractivity contribution >= 4 is 41.1 Å². The van der Waals surface area contributed by atoms with Gasteiger partial charge in [-0.25, -0.2) is 0 Å². The number of phenolic OH excluding ortho intramolecular Hbond substituents is 1. The third kappa shape index (κ3) is 8.00. The lowest BCUT2D eigenvalue weighted by atomic mass is 10.1. The van der Waals surface area contributed by atoms with E-state index in [-0.39, 0.29) is 23.0 Å². The molecular formula is C32H28N2O6S. The molecule has 0 bridgehead atoms. The molecule has 0 heterocycles. The van der Waals surface area contributed by atoms with Gasteiger partial charge in [-0.1, -0.05) is 24.3 Å². The lowest BCUT2D eigenvalue weighted by molar-refractivity contribution is -0.113. The molecule has 41 heavy (non-hydrogen) atoms. The number of thioether (sulfide) groups is 1. The summed E-state index contributed by atoms with van der Waals surface area (Å²) in [4.78, 5) is 39.7. The van der Waals surface area contributed by atoms with Crippen LogP contribution in [0.2, 0.25) is 0 Å². The number of anilines is 1. The number of ether oxygens (including phenoxy) is 2. The number of carbonyl (C=O) groups is 3. The van der Waals surface area contributed by atoms with Gasteiger partial charge in [0.15, 0.2) is 5.78 Å².